The molecule has 0 saturated heterocycles. The average molecular weight is 244 g/mol. The monoisotopic (exact) mass is 244 g/mol. The number of nitrogens with zero attached hydrogens (tertiary/aromatic N) is 1. The molecule has 0 saturated carbocycles. The molecule has 100 valence electrons. The van der Waals surface area contributed by atoms with E-state index in [1.165, 1.54) is 0 Å². The van der Waals surface area contributed by atoms with Gasteiger partial charge in [-0.3, -0.25) is 5.32 Å². The minimum atomic E-state index is -0.232. The van der Waals surface area contributed by atoms with Gasteiger partial charge in [-0.2, -0.15) is 5.26 Å². The molecule has 17 heavy (non-hydrogen) atoms. The topological polar surface area (TPSA) is 63.5 Å². The second kappa shape index (κ2) is 11.8. The Kier molecular flexibility index (Phi) is 11.3. The van der Waals surface area contributed by atoms with Gasteiger partial charge in [0, 0.05) is 26.4 Å². The van der Waals surface area contributed by atoms with Gasteiger partial charge in [-0.05, 0) is 20.3 Å². The van der Waals surface area contributed by atoms with Gasteiger partial charge in [-0.25, -0.2) is 0 Å². The van der Waals surface area contributed by atoms with Gasteiger partial charge in [0.25, 0.3) is 0 Å². The van der Waals surface area contributed by atoms with Crippen LogP contribution in [0.5, 0.6) is 0 Å². The van der Waals surface area contributed by atoms with Crippen molar-refractivity contribution >= 4 is 0 Å². The van der Waals surface area contributed by atoms with Gasteiger partial charge < -0.3 is 14.2 Å². The lowest BCUT2D eigenvalue weighted by Gasteiger charge is -2.14. The van der Waals surface area contributed by atoms with Crippen molar-refractivity contribution in [3.05, 3.63) is 0 Å². The van der Waals surface area contributed by atoms with Crippen LogP contribution in [-0.2, 0) is 14.2 Å². The zero-order valence-corrected chi connectivity index (χ0v) is 11.1. The summed E-state index contributed by atoms with van der Waals surface area (Å²) in [6.45, 7) is 6.96. The quantitative estimate of drug-likeness (QED) is 0.548. The number of hydrogen-bond acceptors (Lipinski definition) is 5. The van der Waals surface area contributed by atoms with Crippen LogP contribution >= 0.6 is 0 Å². The van der Waals surface area contributed by atoms with E-state index in [1.54, 1.807) is 7.11 Å². The normalized spacial score (nSPS) is 12.6. The second-order valence-corrected chi connectivity index (χ2v) is 4.04. The molecule has 0 rings (SSSR count). The molecule has 1 N–H and O–H groups in total. The number of nitrogens with one attached hydrogen (secondary N) is 1. The van der Waals surface area contributed by atoms with Crippen molar-refractivity contribution in [2.24, 2.45) is 0 Å². The number of nitriles is 1. The highest BCUT2D eigenvalue weighted by molar-refractivity contribution is 4.90. The van der Waals surface area contributed by atoms with Crippen molar-refractivity contribution in [3.63, 3.8) is 0 Å². The van der Waals surface area contributed by atoms with Crippen molar-refractivity contribution in [2.75, 3.05) is 40.1 Å². The zero-order valence-electron chi connectivity index (χ0n) is 11.1. The maximum atomic E-state index is 8.84. The fraction of sp³-hybridized carbons (Fsp3) is 0.917. The van der Waals surface area contributed by atoms with E-state index in [1.807, 2.05) is 13.8 Å². The molecular weight excluding hydrogens is 220 g/mol. The first-order valence-corrected chi connectivity index (χ1v) is 6.00. The minimum Gasteiger partial charge on any atom is -0.382 e. The predicted molar refractivity (Wildman–Crippen MR) is 65.8 cm³/mol. The largest absolute Gasteiger partial charge is 0.382 e. The van der Waals surface area contributed by atoms with E-state index in [4.69, 9.17) is 19.5 Å². The highest BCUT2D eigenvalue weighted by Gasteiger charge is 2.07. The fourth-order valence-electron chi connectivity index (χ4n) is 1.23. The summed E-state index contributed by atoms with van der Waals surface area (Å²) in [6.07, 6.45) is 0.837. The van der Waals surface area contributed by atoms with Crippen LogP contribution in [-0.4, -0.2) is 52.2 Å². The molecule has 0 aliphatic carbocycles. The summed E-state index contributed by atoms with van der Waals surface area (Å²) < 4.78 is 15.5. The summed E-state index contributed by atoms with van der Waals surface area (Å²) in [6, 6.07) is 2.23. The van der Waals surface area contributed by atoms with Gasteiger partial charge in [0.1, 0.15) is 6.04 Å². The summed E-state index contributed by atoms with van der Waals surface area (Å²) in [5.41, 5.74) is 0. The molecule has 5 heteroatoms. The molecule has 0 fully saturated rings. The third-order valence-corrected chi connectivity index (χ3v) is 1.98. The van der Waals surface area contributed by atoms with E-state index in [0.29, 0.717) is 39.1 Å². The lowest BCUT2D eigenvalue weighted by Crippen LogP contribution is -2.37. The van der Waals surface area contributed by atoms with Crippen molar-refractivity contribution in [1.82, 2.24) is 5.32 Å². The average Bonchev–Trinajstić information content (AvgIpc) is 2.30. The van der Waals surface area contributed by atoms with E-state index in [2.05, 4.69) is 11.4 Å². The Labute approximate surface area is 104 Å². The first-order chi connectivity index (χ1) is 8.20. The zero-order chi connectivity index (χ0) is 12.9. The van der Waals surface area contributed by atoms with Gasteiger partial charge >= 0.3 is 0 Å². The first kappa shape index (κ1) is 16.3. The molecule has 0 aromatic rings. The molecular formula is C12H24N2O3. The Morgan fingerprint density at radius 2 is 1.82 bits per heavy atom. The number of ether oxygens (including phenoxy) is 3. The molecule has 0 aliphatic rings. The maximum absolute atomic E-state index is 8.84. The number of methoxy groups -OCH3 is 1. The molecule has 0 heterocycles. The van der Waals surface area contributed by atoms with Gasteiger partial charge in [-0.15, -0.1) is 0 Å². The Balaban J connectivity index is 3.29. The summed E-state index contributed by atoms with van der Waals surface area (Å²) >= 11 is 0. The molecule has 0 aliphatic heterocycles. The fourth-order valence-corrected chi connectivity index (χ4v) is 1.23. The molecule has 0 bridgehead atoms. The Morgan fingerprint density at radius 1 is 1.12 bits per heavy atom. The third kappa shape index (κ3) is 11.6. The van der Waals surface area contributed by atoms with Crippen LogP contribution in [0.15, 0.2) is 0 Å². The van der Waals surface area contributed by atoms with Crippen LogP contribution in [0, 0.1) is 11.3 Å². The second-order valence-electron chi connectivity index (χ2n) is 4.04. The van der Waals surface area contributed by atoms with Crippen molar-refractivity contribution < 1.29 is 14.2 Å². The summed E-state index contributed by atoms with van der Waals surface area (Å²) in [5.74, 6) is 0. The minimum absolute atomic E-state index is 0.232. The van der Waals surface area contributed by atoms with E-state index >= 15 is 0 Å². The van der Waals surface area contributed by atoms with E-state index < -0.39 is 0 Å². The highest BCUT2D eigenvalue weighted by atomic mass is 16.5. The lowest BCUT2D eigenvalue weighted by atomic mass is 10.3. The van der Waals surface area contributed by atoms with Gasteiger partial charge in [0.2, 0.25) is 0 Å². The molecule has 1 unspecified atom stereocenters. The highest BCUT2D eigenvalue weighted by Crippen LogP contribution is 1.91. The van der Waals surface area contributed by atoms with E-state index in [0.717, 1.165) is 6.42 Å². The smallest absolute Gasteiger partial charge is 0.119 e. The molecule has 0 aromatic heterocycles. The van der Waals surface area contributed by atoms with E-state index in [-0.39, 0.29) is 6.04 Å². The molecule has 0 radical (unpaired) electrons. The third-order valence-electron chi connectivity index (χ3n) is 1.98. The van der Waals surface area contributed by atoms with Crippen molar-refractivity contribution in [2.45, 2.75) is 32.4 Å². The number of rotatable bonds is 11. The van der Waals surface area contributed by atoms with Crippen LogP contribution in [0.25, 0.3) is 0 Å². The van der Waals surface area contributed by atoms with Crippen LogP contribution in [0.1, 0.15) is 20.3 Å². The predicted octanol–water partition coefficient (Wildman–Crippen LogP) is 0.946. The SMILES string of the molecule is COCCOCCCOCC(C#N)NC(C)C. The van der Waals surface area contributed by atoms with Crippen molar-refractivity contribution in [1.29, 1.82) is 5.26 Å². The molecule has 0 spiro atoms. The summed E-state index contributed by atoms with van der Waals surface area (Å²) in [5, 5.41) is 12.0. The standard InChI is InChI=1S/C12H24N2O3/c1-11(2)14-12(9-13)10-17-6-4-5-16-8-7-15-3/h11-12,14H,4-8,10H2,1-3H3. The summed E-state index contributed by atoms with van der Waals surface area (Å²) in [7, 11) is 1.65. The van der Waals surface area contributed by atoms with Crippen LogP contribution in [0.2, 0.25) is 0 Å². The van der Waals surface area contributed by atoms with Crippen LogP contribution in [0.4, 0.5) is 0 Å². The van der Waals surface area contributed by atoms with Gasteiger partial charge in [0.05, 0.1) is 25.9 Å². The maximum Gasteiger partial charge on any atom is 0.119 e. The van der Waals surface area contributed by atoms with Gasteiger partial charge in [-0.1, -0.05) is 0 Å². The number of hydrogen-bond donors (Lipinski definition) is 1. The van der Waals surface area contributed by atoms with Crippen LogP contribution in [0.3, 0.4) is 0 Å². The Morgan fingerprint density at radius 3 is 2.41 bits per heavy atom. The van der Waals surface area contributed by atoms with E-state index in [9.17, 15) is 0 Å². The van der Waals surface area contributed by atoms with Gasteiger partial charge in [0.15, 0.2) is 0 Å². The summed E-state index contributed by atoms with van der Waals surface area (Å²) in [4.78, 5) is 0. The lowest BCUT2D eigenvalue weighted by molar-refractivity contribution is 0.0494. The Bertz CT molecular complexity index is 204. The molecule has 5 nitrogen and oxygen atoms in total. The van der Waals surface area contributed by atoms with Crippen molar-refractivity contribution in [3.8, 4) is 6.07 Å². The van der Waals surface area contributed by atoms with Crippen LogP contribution < -0.4 is 5.32 Å². The first-order valence-electron chi connectivity index (χ1n) is 6.00. The Hall–Kier alpha value is -0.670. The molecule has 1 atom stereocenters. The molecule has 0 amide bonds. The molecule has 0 aromatic carbocycles.